The number of anilines is 1. The molecular formula is C25H29N5O4. The quantitative estimate of drug-likeness (QED) is 0.522. The summed E-state index contributed by atoms with van der Waals surface area (Å²) >= 11 is 0. The topological polar surface area (TPSA) is 98.6 Å². The van der Waals surface area contributed by atoms with Gasteiger partial charge in [0.05, 0.1) is 13.2 Å². The van der Waals surface area contributed by atoms with Gasteiger partial charge in [0, 0.05) is 18.7 Å². The Labute approximate surface area is 198 Å². The van der Waals surface area contributed by atoms with Crippen LogP contribution in [-0.4, -0.2) is 57.8 Å². The Morgan fingerprint density at radius 2 is 1.79 bits per heavy atom. The van der Waals surface area contributed by atoms with Gasteiger partial charge < -0.3 is 14.4 Å². The molecule has 0 bridgehead atoms. The lowest BCUT2D eigenvalue weighted by molar-refractivity contribution is -0.134. The number of carbonyl (C=O) groups excluding carboxylic acids is 2. The van der Waals surface area contributed by atoms with E-state index in [0.29, 0.717) is 30.2 Å². The Bertz CT molecular complexity index is 1110. The number of piperidine rings is 1. The molecule has 9 nitrogen and oxygen atoms in total. The van der Waals surface area contributed by atoms with Crippen molar-refractivity contribution in [2.45, 2.75) is 32.7 Å². The van der Waals surface area contributed by atoms with Crippen molar-refractivity contribution in [2.24, 2.45) is 0 Å². The molecule has 0 aliphatic carbocycles. The molecule has 0 unspecified atom stereocenters. The molecule has 9 heteroatoms. The van der Waals surface area contributed by atoms with Gasteiger partial charge in [0.15, 0.2) is 18.1 Å². The zero-order chi connectivity index (χ0) is 23.8. The van der Waals surface area contributed by atoms with Gasteiger partial charge in [-0.2, -0.15) is 0 Å². The van der Waals surface area contributed by atoms with Crippen LogP contribution in [0.4, 0.5) is 5.95 Å². The van der Waals surface area contributed by atoms with Gasteiger partial charge >= 0.3 is 0 Å². The maximum atomic E-state index is 12.8. The molecule has 1 aromatic heterocycles. The third kappa shape index (κ3) is 6.12. The number of carbonyl (C=O) groups is 2. The third-order valence-electron chi connectivity index (χ3n) is 5.51. The molecule has 0 radical (unpaired) electrons. The minimum atomic E-state index is -0.366. The van der Waals surface area contributed by atoms with Gasteiger partial charge in [-0.25, -0.2) is 9.67 Å². The average Bonchev–Trinajstić information content (AvgIpc) is 3.30. The van der Waals surface area contributed by atoms with Crippen LogP contribution in [0.15, 0.2) is 54.9 Å². The Balaban J connectivity index is 1.38. The number of ether oxygens (including phenoxy) is 2. The van der Waals surface area contributed by atoms with E-state index in [-0.39, 0.29) is 24.4 Å². The molecule has 4 rings (SSSR count). The largest absolute Gasteiger partial charge is 0.490 e. The van der Waals surface area contributed by atoms with Crippen LogP contribution in [0.5, 0.6) is 11.5 Å². The Morgan fingerprint density at radius 3 is 2.56 bits per heavy atom. The number of benzene rings is 2. The summed E-state index contributed by atoms with van der Waals surface area (Å²) < 4.78 is 13.1. The summed E-state index contributed by atoms with van der Waals surface area (Å²) in [6.45, 7) is 4.28. The van der Waals surface area contributed by atoms with Gasteiger partial charge in [0.2, 0.25) is 5.95 Å². The minimum absolute atomic E-state index is 0.0406. The monoisotopic (exact) mass is 463 g/mol. The number of rotatable bonds is 9. The van der Waals surface area contributed by atoms with E-state index >= 15 is 0 Å². The molecule has 2 aromatic carbocycles. The summed E-state index contributed by atoms with van der Waals surface area (Å²) in [6.07, 6.45) is 4.79. The zero-order valence-corrected chi connectivity index (χ0v) is 19.3. The van der Waals surface area contributed by atoms with E-state index in [2.05, 4.69) is 15.4 Å². The molecule has 178 valence electrons. The number of aromatic nitrogens is 3. The van der Waals surface area contributed by atoms with Gasteiger partial charge in [-0.3, -0.25) is 14.9 Å². The highest BCUT2D eigenvalue weighted by atomic mass is 16.5. The Kier molecular flexibility index (Phi) is 7.75. The maximum absolute atomic E-state index is 12.8. The molecule has 1 fully saturated rings. The molecule has 0 atom stereocenters. The predicted molar refractivity (Wildman–Crippen MR) is 127 cm³/mol. The average molecular weight is 464 g/mol. The minimum Gasteiger partial charge on any atom is -0.490 e. The second-order valence-electron chi connectivity index (χ2n) is 8.03. The first-order valence-corrected chi connectivity index (χ1v) is 11.5. The smallest absolute Gasteiger partial charge is 0.260 e. The van der Waals surface area contributed by atoms with Gasteiger partial charge in [0.1, 0.15) is 6.33 Å². The first-order chi connectivity index (χ1) is 16.6. The van der Waals surface area contributed by atoms with E-state index in [9.17, 15) is 9.59 Å². The number of hydrogen-bond donors (Lipinski definition) is 1. The first-order valence-electron chi connectivity index (χ1n) is 11.5. The molecule has 1 saturated heterocycles. The van der Waals surface area contributed by atoms with E-state index in [1.165, 1.54) is 0 Å². The lowest BCUT2D eigenvalue weighted by Gasteiger charge is -2.26. The molecule has 0 spiro atoms. The van der Waals surface area contributed by atoms with Crippen LogP contribution in [0.1, 0.15) is 42.1 Å². The summed E-state index contributed by atoms with van der Waals surface area (Å²) in [5.41, 5.74) is 1.46. The van der Waals surface area contributed by atoms with Crippen LogP contribution in [0.3, 0.4) is 0 Å². The lowest BCUT2D eigenvalue weighted by atomic mass is 10.1. The molecule has 3 aromatic rings. The lowest BCUT2D eigenvalue weighted by Crippen LogP contribution is -2.38. The van der Waals surface area contributed by atoms with Gasteiger partial charge in [-0.15, -0.1) is 5.10 Å². The van der Waals surface area contributed by atoms with E-state index in [1.807, 2.05) is 42.2 Å². The van der Waals surface area contributed by atoms with E-state index in [4.69, 9.17) is 9.47 Å². The van der Waals surface area contributed by atoms with Crippen LogP contribution in [0, 0.1) is 0 Å². The second-order valence-corrected chi connectivity index (χ2v) is 8.03. The third-order valence-corrected chi connectivity index (χ3v) is 5.51. The van der Waals surface area contributed by atoms with Gasteiger partial charge in [0.25, 0.3) is 11.8 Å². The highest BCUT2D eigenvalue weighted by Gasteiger charge is 2.19. The van der Waals surface area contributed by atoms with Crippen molar-refractivity contribution in [1.29, 1.82) is 0 Å². The number of amides is 2. The summed E-state index contributed by atoms with van der Waals surface area (Å²) in [6, 6.07) is 14.7. The van der Waals surface area contributed by atoms with E-state index in [1.54, 1.807) is 29.2 Å². The maximum Gasteiger partial charge on any atom is 0.260 e. The zero-order valence-electron chi connectivity index (χ0n) is 19.3. The SMILES string of the molecule is CCOc1cc(C(=O)Nc2ncn(Cc3ccccc3)n2)ccc1OCC(=O)N1CCCCC1. The molecule has 1 aliphatic rings. The van der Waals surface area contributed by atoms with Crippen LogP contribution >= 0.6 is 0 Å². The van der Waals surface area contributed by atoms with Crippen molar-refractivity contribution in [3.8, 4) is 11.5 Å². The molecule has 1 aliphatic heterocycles. The highest BCUT2D eigenvalue weighted by Crippen LogP contribution is 2.29. The number of hydrogen-bond acceptors (Lipinski definition) is 6. The van der Waals surface area contributed by atoms with Gasteiger partial charge in [-0.1, -0.05) is 30.3 Å². The Morgan fingerprint density at radius 1 is 1.00 bits per heavy atom. The van der Waals surface area contributed by atoms with Crippen molar-refractivity contribution < 1.29 is 19.1 Å². The Hall–Kier alpha value is -3.88. The number of nitrogens with zero attached hydrogens (tertiary/aromatic N) is 4. The predicted octanol–water partition coefficient (Wildman–Crippen LogP) is 3.37. The van der Waals surface area contributed by atoms with E-state index in [0.717, 1.165) is 37.9 Å². The summed E-state index contributed by atoms with van der Waals surface area (Å²) in [7, 11) is 0. The van der Waals surface area contributed by atoms with Crippen molar-refractivity contribution in [3.63, 3.8) is 0 Å². The van der Waals surface area contributed by atoms with Gasteiger partial charge in [-0.05, 0) is 49.9 Å². The number of likely N-dealkylation sites (tertiary alicyclic amines) is 1. The van der Waals surface area contributed by atoms with Crippen molar-refractivity contribution in [3.05, 3.63) is 66.0 Å². The normalized spacial score (nSPS) is 13.4. The standard InChI is InChI=1S/C25H29N5O4/c1-2-33-22-15-20(11-12-21(22)34-17-23(31)29-13-7-4-8-14-29)24(32)27-25-26-18-30(28-25)16-19-9-5-3-6-10-19/h3,5-6,9-12,15,18H,2,4,7-8,13-14,16-17H2,1H3,(H,27,28,32). The summed E-state index contributed by atoms with van der Waals surface area (Å²) in [5, 5.41) is 7.02. The number of nitrogens with one attached hydrogen (secondary N) is 1. The van der Waals surface area contributed by atoms with Crippen LogP contribution in [0.2, 0.25) is 0 Å². The molecule has 2 heterocycles. The van der Waals surface area contributed by atoms with E-state index < -0.39 is 0 Å². The van der Waals surface area contributed by atoms with Crippen LogP contribution < -0.4 is 14.8 Å². The highest BCUT2D eigenvalue weighted by molar-refractivity contribution is 6.03. The summed E-state index contributed by atoms with van der Waals surface area (Å²) in [5.74, 6) is 0.639. The fourth-order valence-electron chi connectivity index (χ4n) is 3.78. The molecule has 1 N–H and O–H groups in total. The van der Waals surface area contributed by atoms with Crippen molar-refractivity contribution in [2.75, 3.05) is 31.6 Å². The molecule has 2 amide bonds. The van der Waals surface area contributed by atoms with Crippen LogP contribution in [-0.2, 0) is 11.3 Å². The summed E-state index contributed by atoms with van der Waals surface area (Å²) in [4.78, 5) is 31.2. The first kappa shape index (κ1) is 23.3. The molecular weight excluding hydrogens is 434 g/mol. The molecule has 34 heavy (non-hydrogen) atoms. The fraction of sp³-hybridized carbons (Fsp3) is 0.360. The molecule has 0 saturated carbocycles. The second kappa shape index (κ2) is 11.3. The fourth-order valence-corrected chi connectivity index (χ4v) is 3.78. The van der Waals surface area contributed by atoms with Crippen molar-refractivity contribution >= 4 is 17.8 Å². The van der Waals surface area contributed by atoms with Crippen molar-refractivity contribution in [1.82, 2.24) is 19.7 Å². The van der Waals surface area contributed by atoms with Crippen LogP contribution in [0.25, 0.3) is 0 Å².